The van der Waals surface area contributed by atoms with Crippen LogP contribution in [0.3, 0.4) is 0 Å². The third kappa shape index (κ3) is 3.43. The molecular weight excluding hydrogens is 180 g/mol. The van der Waals surface area contributed by atoms with Crippen molar-refractivity contribution in [2.45, 2.75) is 39.0 Å². The van der Waals surface area contributed by atoms with Gasteiger partial charge < -0.3 is 0 Å². The number of nitrogens with zero attached hydrogens (tertiary/aromatic N) is 2. The Labute approximate surface area is 84.7 Å². The summed E-state index contributed by atoms with van der Waals surface area (Å²) in [5, 5.41) is 4.86. The average Bonchev–Trinajstić information content (AvgIpc) is 2.52. The molecule has 1 aromatic heterocycles. The topological polar surface area (TPSA) is 17.8 Å². The molecule has 0 saturated carbocycles. The first-order valence-electron chi connectivity index (χ1n) is 4.87. The Hall–Kier alpha value is -0.440. The fourth-order valence-corrected chi connectivity index (χ4v) is 2.18. The molecule has 1 rings (SSSR count). The molecule has 1 aromatic rings. The van der Waals surface area contributed by atoms with Crippen LogP contribution >= 0.6 is 11.8 Å². The van der Waals surface area contributed by atoms with Crippen molar-refractivity contribution >= 4 is 11.8 Å². The molecule has 0 aliphatic heterocycles. The lowest BCUT2D eigenvalue weighted by molar-refractivity contribution is 0.635. The van der Waals surface area contributed by atoms with Gasteiger partial charge in [-0.15, -0.1) is 11.8 Å². The zero-order valence-electron chi connectivity index (χ0n) is 8.66. The van der Waals surface area contributed by atoms with Crippen molar-refractivity contribution < 1.29 is 0 Å². The van der Waals surface area contributed by atoms with E-state index in [1.165, 1.54) is 18.6 Å². The molecule has 0 bridgehead atoms. The second kappa shape index (κ2) is 5.32. The highest BCUT2D eigenvalue weighted by Crippen LogP contribution is 2.22. The molecule has 2 nitrogen and oxygen atoms in total. The second-order valence-electron chi connectivity index (χ2n) is 3.26. The lowest BCUT2D eigenvalue weighted by Gasteiger charge is -2.10. The largest absolute Gasteiger partial charge is 0.260 e. The predicted octanol–water partition coefficient (Wildman–Crippen LogP) is 3.24. The molecule has 0 saturated heterocycles. The van der Waals surface area contributed by atoms with Gasteiger partial charge in [0.2, 0.25) is 0 Å². The number of hydrogen-bond donors (Lipinski definition) is 0. The fourth-order valence-electron chi connectivity index (χ4n) is 1.11. The molecule has 0 amide bonds. The van der Waals surface area contributed by atoms with E-state index in [9.17, 15) is 0 Å². The zero-order valence-corrected chi connectivity index (χ0v) is 9.47. The summed E-state index contributed by atoms with van der Waals surface area (Å²) in [6.45, 7) is 6.45. The van der Waals surface area contributed by atoms with E-state index in [0.29, 0.717) is 5.37 Å². The number of unbranched alkanes of at least 4 members (excludes halogenated alkanes) is 1. The first-order valence-corrected chi connectivity index (χ1v) is 5.92. The number of thioether (sulfide) groups is 1. The molecule has 3 heteroatoms. The standard InChI is InChI=1S/C10H18N2S/c1-4-5-8-13-10(3)12-7-6-9(2)11-12/h6-7,10H,4-5,8H2,1-3H3. The highest BCUT2D eigenvalue weighted by atomic mass is 32.2. The Kier molecular flexibility index (Phi) is 4.36. The molecule has 0 radical (unpaired) electrons. The summed E-state index contributed by atoms with van der Waals surface area (Å²) in [5.41, 5.74) is 1.10. The van der Waals surface area contributed by atoms with Crippen molar-refractivity contribution in [2.24, 2.45) is 0 Å². The molecule has 1 heterocycles. The van der Waals surface area contributed by atoms with Gasteiger partial charge in [-0.1, -0.05) is 13.3 Å². The maximum absolute atomic E-state index is 4.39. The number of hydrogen-bond acceptors (Lipinski definition) is 2. The van der Waals surface area contributed by atoms with Crippen LogP contribution in [0.4, 0.5) is 0 Å². The van der Waals surface area contributed by atoms with Crippen LogP contribution in [0.5, 0.6) is 0 Å². The van der Waals surface area contributed by atoms with Crippen molar-refractivity contribution in [1.82, 2.24) is 9.78 Å². The van der Waals surface area contributed by atoms with Gasteiger partial charge in [-0.25, -0.2) is 0 Å². The lowest BCUT2D eigenvalue weighted by Crippen LogP contribution is -2.02. The van der Waals surface area contributed by atoms with Gasteiger partial charge in [-0.05, 0) is 32.1 Å². The lowest BCUT2D eigenvalue weighted by atomic mass is 10.4. The maximum atomic E-state index is 4.39. The molecule has 0 spiro atoms. The quantitative estimate of drug-likeness (QED) is 0.676. The molecule has 0 aliphatic rings. The Morgan fingerprint density at radius 2 is 2.38 bits per heavy atom. The average molecular weight is 198 g/mol. The van der Waals surface area contributed by atoms with Crippen molar-refractivity contribution in [3.63, 3.8) is 0 Å². The molecule has 1 atom stereocenters. The Morgan fingerprint density at radius 1 is 1.62 bits per heavy atom. The van der Waals surface area contributed by atoms with Gasteiger partial charge in [-0.3, -0.25) is 4.68 Å². The van der Waals surface area contributed by atoms with E-state index < -0.39 is 0 Å². The highest BCUT2D eigenvalue weighted by molar-refractivity contribution is 7.99. The van der Waals surface area contributed by atoms with Crippen molar-refractivity contribution in [3.05, 3.63) is 18.0 Å². The zero-order chi connectivity index (χ0) is 9.68. The number of rotatable bonds is 5. The van der Waals surface area contributed by atoms with Crippen LogP contribution in [0, 0.1) is 6.92 Å². The predicted molar refractivity (Wildman–Crippen MR) is 59.0 cm³/mol. The van der Waals surface area contributed by atoms with E-state index >= 15 is 0 Å². The molecule has 0 N–H and O–H groups in total. The molecule has 13 heavy (non-hydrogen) atoms. The van der Waals surface area contributed by atoms with E-state index in [0.717, 1.165) is 5.69 Å². The Balaban J connectivity index is 2.35. The van der Waals surface area contributed by atoms with Crippen LogP contribution in [0.15, 0.2) is 12.3 Å². The third-order valence-electron chi connectivity index (χ3n) is 1.97. The maximum Gasteiger partial charge on any atom is 0.0942 e. The van der Waals surface area contributed by atoms with Crippen LogP contribution < -0.4 is 0 Å². The van der Waals surface area contributed by atoms with Crippen molar-refractivity contribution in [3.8, 4) is 0 Å². The molecule has 0 fully saturated rings. The summed E-state index contributed by atoms with van der Waals surface area (Å²) in [5.74, 6) is 1.23. The van der Waals surface area contributed by atoms with E-state index in [-0.39, 0.29) is 0 Å². The summed E-state index contributed by atoms with van der Waals surface area (Å²) in [6, 6.07) is 2.05. The van der Waals surface area contributed by atoms with Gasteiger partial charge in [0.25, 0.3) is 0 Å². The van der Waals surface area contributed by atoms with Gasteiger partial charge in [0.1, 0.15) is 0 Å². The Morgan fingerprint density at radius 3 is 2.92 bits per heavy atom. The van der Waals surface area contributed by atoms with Gasteiger partial charge in [0, 0.05) is 6.20 Å². The Bertz CT molecular complexity index is 245. The van der Waals surface area contributed by atoms with Gasteiger partial charge in [0.15, 0.2) is 0 Å². The summed E-state index contributed by atoms with van der Waals surface area (Å²) >= 11 is 1.97. The molecule has 0 aliphatic carbocycles. The minimum atomic E-state index is 0.472. The summed E-state index contributed by atoms with van der Waals surface area (Å²) in [4.78, 5) is 0. The normalized spacial score (nSPS) is 13.2. The first kappa shape index (κ1) is 10.6. The van der Waals surface area contributed by atoms with Crippen LogP contribution in [-0.4, -0.2) is 15.5 Å². The SMILES string of the molecule is CCCCSC(C)n1ccc(C)n1. The van der Waals surface area contributed by atoms with Crippen LogP contribution in [-0.2, 0) is 0 Å². The molecule has 0 aromatic carbocycles. The number of aromatic nitrogens is 2. The second-order valence-corrected chi connectivity index (χ2v) is 4.68. The minimum absolute atomic E-state index is 0.472. The smallest absolute Gasteiger partial charge is 0.0942 e. The minimum Gasteiger partial charge on any atom is -0.260 e. The number of aryl methyl sites for hydroxylation is 1. The molecular formula is C10H18N2S. The summed E-state index contributed by atoms with van der Waals surface area (Å²) in [6.07, 6.45) is 4.63. The summed E-state index contributed by atoms with van der Waals surface area (Å²) in [7, 11) is 0. The first-order chi connectivity index (χ1) is 6.24. The molecule has 1 unspecified atom stereocenters. The van der Waals surface area contributed by atoms with Crippen LogP contribution in [0.1, 0.15) is 37.8 Å². The van der Waals surface area contributed by atoms with Crippen LogP contribution in [0.2, 0.25) is 0 Å². The monoisotopic (exact) mass is 198 g/mol. The van der Waals surface area contributed by atoms with E-state index in [4.69, 9.17) is 0 Å². The van der Waals surface area contributed by atoms with Crippen molar-refractivity contribution in [2.75, 3.05) is 5.75 Å². The highest BCUT2D eigenvalue weighted by Gasteiger charge is 2.04. The van der Waals surface area contributed by atoms with Gasteiger partial charge in [0.05, 0.1) is 11.1 Å². The third-order valence-corrected chi connectivity index (χ3v) is 3.19. The van der Waals surface area contributed by atoms with Crippen molar-refractivity contribution in [1.29, 1.82) is 0 Å². The van der Waals surface area contributed by atoms with E-state index in [1.54, 1.807) is 0 Å². The molecule has 74 valence electrons. The van der Waals surface area contributed by atoms with E-state index in [1.807, 2.05) is 23.4 Å². The van der Waals surface area contributed by atoms with Gasteiger partial charge >= 0.3 is 0 Å². The summed E-state index contributed by atoms with van der Waals surface area (Å²) < 4.78 is 2.04. The van der Waals surface area contributed by atoms with Gasteiger partial charge in [-0.2, -0.15) is 5.10 Å². The van der Waals surface area contributed by atoms with E-state index in [2.05, 4.69) is 31.2 Å². The van der Waals surface area contributed by atoms with Crippen LogP contribution in [0.25, 0.3) is 0 Å². The fraction of sp³-hybridized carbons (Fsp3) is 0.700.